The van der Waals surface area contributed by atoms with E-state index in [2.05, 4.69) is 16.0 Å². The largest absolute Gasteiger partial charge is 0.480 e. The molecule has 0 bridgehead atoms. The number of esters is 1. The average Bonchev–Trinajstić information content (AvgIpc) is 3.14. The summed E-state index contributed by atoms with van der Waals surface area (Å²) in [5.74, 6) is -2.42. The second-order valence-electron chi connectivity index (χ2n) is 19.4. The van der Waals surface area contributed by atoms with E-state index in [0.717, 1.165) is 44.9 Å². The lowest BCUT2D eigenvalue weighted by Crippen LogP contribution is -2.44. The van der Waals surface area contributed by atoms with E-state index in [1.807, 2.05) is 41.5 Å². The van der Waals surface area contributed by atoms with Gasteiger partial charge >= 0.3 is 19.5 Å². The zero-order valence-corrected chi connectivity index (χ0v) is 41.6. The first-order valence-corrected chi connectivity index (χ1v) is 25.3. The van der Waals surface area contributed by atoms with E-state index < -0.39 is 48.4 Å². The molecule has 0 aromatic heterocycles. The summed E-state index contributed by atoms with van der Waals surface area (Å²) >= 11 is 0. The van der Waals surface area contributed by atoms with Crippen molar-refractivity contribution >= 4 is 37.3 Å². The van der Waals surface area contributed by atoms with Gasteiger partial charge in [0.25, 0.3) is 0 Å². The molecule has 0 saturated heterocycles. The first kappa shape index (κ1) is 60.4. The van der Waals surface area contributed by atoms with Gasteiger partial charge in [0.15, 0.2) is 0 Å². The van der Waals surface area contributed by atoms with Crippen LogP contribution in [0.2, 0.25) is 0 Å². The minimum Gasteiger partial charge on any atom is -0.480 e. The summed E-state index contributed by atoms with van der Waals surface area (Å²) in [6, 6.07) is -1.83. The quantitative estimate of drug-likeness (QED) is 0.0224. The lowest BCUT2D eigenvalue weighted by molar-refractivity contribution is -0.159. The molecule has 0 heterocycles. The summed E-state index contributed by atoms with van der Waals surface area (Å²) < 4.78 is 41.4. The molecule has 0 aliphatic carbocycles. The fraction of sp³-hybridized carbons (Fsp3) is 0.891. The third-order valence-corrected chi connectivity index (χ3v) is 11.9. The summed E-state index contributed by atoms with van der Waals surface area (Å²) in [5.41, 5.74) is 3.68. The highest BCUT2D eigenvalue weighted by molar-refractivity contribution is 7.53. The van der Waals surface area contributed by atoms with Gasteiger partial charge < -0.3 is 50.0 Å². The van der Waals surface area contributed by atoms with Crippen LogP contribution in [0.4, 0.5) is 0 Å². The first-order valence-electron chi connectivity index (χ1n) is 23.6. The van der Waals surface area contributed by atoms with Crippen LogP contribution >= 0.6 is 7.60 Å². The van der Waals surface area contributed by atoms with Gasteiger partial charge in [0.1, 0.15) is 24.3 Å². The van der Waals surface area contributed by atoms with Crippen LogP contribution in [-0.4, -0.2) is 109 Å². The van der Waals surface area contributed by atoms with Gasteiger partial charge in [-0.1, -0.05) is 77.0 Å². The number of aliphatic carboxylic acids is 1. The standard InChI is InChI=1S/C46H89N4O12P/c1-44(2,3)60-43(56)38(28-29-39(51)49-31-32-58-33-34-59-36-41(53)48-30-24-23-26-37(47)42(54)55)50-40(52)27-22-20-18-16-14-12-10-11-13-15-17-19-21-25-35-63(57,61-45(4,5)6)62-46(7,8)9/h37-38H,10-36,47H2,1-9H3,(H,48,53)(H,49,51)(H,50,52)(H,54,55). The lowest BCUT2D eigenvalue weighted by atomic mass is 10.0. The summed E-state index contributed by atoms with van der Waals surface area (Å²) in [5, 5.41) is 17.0. The summed E-state index contributed by atoms with van der Waals surface area (Å²) in [6.45, 7) is 17.9. The van der Waals surface area contributed by atoms with E-state index in [4.69, 9.17) is 34.1 Å². The molecule has 0 aliphatic rings. The molecule has 0 aliphatic heterocycles. The van der Waals surface area contributed by atoms with Crippen molar-refractivity contribution in [3.8, 4) is 0 Å². The van der Waals surface area contributed by atoms with Crippen LogP contribution in [0.15, 0.2) is 0 Å². The molecule has 2 unspecified atom stereocenters. The zero-order chi connectivity index (χ0) is 47.8. The van der Waals surface area contributed by atoms with E-state index in [9.17, 15) is 28.5 Å². The van der Waals surface area contributed by atoms with Crippen LogP contribution in [0.3, 0.4) is 0 Å². The molecule has 0 fully saturated rings. The smallest absolute Gasteiger partial charge is 0.331 e. The van der Waals surface area contributed by atoms with E-state index in [-0.39, 0.29) is 63.5 Å². The van der Waals surface area contributed by atoms with Crippen molar-refractivity contribution in [3.63, 3.8) is 0 Å². The third-order valence-electron chi connectivity index (χ3n) is 9.35. The molecular weight excluding hydrogens is 831 g/mol. The number of hydrogen-bond donors (Lipinski definition) is 5. The Morgan fingerprint density at radius 1 is 0.556 bits per heavy atom. The maximum absolute atomic E-state index is 13.3. The third kappa shape index (κ3) is 39.5. The average molecular weight is 921 g/mol. The Labute approximate surface area is 380 Å². The van der Waals surface area contributed by atoms with Gasteiger partial charge in [-0.15, -0.1) is 0 Å². The Hall–Kier alpha value is -2.62. The molecule has 0 aromatic carbocycles. The summed E-state index contributed by atoms with van der Waals surface area (Å²) in [4.78, 5) is 60.8. The number of carbonyl (C=O) groups excluding carboxylic acids is 4. The predicted octanol–water partition coefficient (Wildman–Crippen LogP) is 8.12. The summed E-state index contributed by atoms with van der Waals surface area (Å²) in [7, 11) is -3.15. The Bertz CT molecular complexity index is 1310. The van der Waals surface area contributed by atoms with Crippen LogP contribution in [0.5, 0.6) is 0 Å². The Kier molecular flexibility index (Phi) is 32.4. The maximum Gasteiger partial charge on any atom is 0.331 e. The van der Waals surface area contributed by atoms with Crippen LogP contribution in [-0.2, 0) is 51.8 Å². The fourth-order valence-corrected chi connectivity index (χ4v) is 8.95. The van der Waals surface area contributed by atoms with E-state index >= 15 is 0 Å². The number of ether oxygens (including phenoxy) is 3. The Balaban J connectivity index is 4.12. The second kappa shape index (κ2) is 33.8. The van der Waals surface area contributed by atoms with E-state index in [0.29, 0.717) is 38.4 Å². The lowest BCUT2D eigenvalue weighted by Gasteiger charge is -2.32. The van der Waals surface area contributed by atoms with Crippen molar-refractivity contribution in [2.75, 3.05) is 45.7 Å². The maximum atomic E-state index is 13.3. The van der Waals surface area contributed by atoms with Crippen LogP contribution < -0.4 is 21.7 Å². The number of rotatable bonds is 38. The predicted molar refractivity (Wildman–Crippen MR) is 248 cm³/mol. The van der Waals surface area contributed by atoms with Crippen LogP contribution in [0, 0.1) is 0 Å². The first-order chi connectivity index (χ1) is 29.4. The van der Waals surface area contributed by atoms with E-state index in [1.54, 1.807) is 20.8 Å². The number of carboxylic acid groups (broad SMARTS) is 1. The Morgan fingerprint density at radius 2 is 1.05 bits per heavy atom. The van der Waals surface area contributed by atoms with Crippen LogP contribution in [0.1, 0.15) is 191 Å². The number of nitrogens with two attached hydrogens (primary N) is 1. The highest BCUT2D eigenvalue weighted by Crippen LogP contribution is 2.55. The molecule has 0 aromatic rings. The molecule has 3 amide bonds. The molecule has 0 spiro atoms. The number of unbranched alkanes of at least 4 members (excludes halogenated alkanes) is 14. The van der Waals surface area contributed by atoms with Gasteiger partial charge in [-0.3, -0.25) is 23.7 Å². The van der Waals surface area contributed by atoms with Gasteiger partial charge in [-0.2, -0.15) is 0 Å². The van der Waals surface area contributed by atoms with Crippen molar-refractivity contribution in [1.82, 2.24) is 16.0 Å². The van der Waals surface area contributed by atoms with Crippen molar-refractivity contribution in [3.05, 3.63) is 0 Å². The van der Waals surface area contributed by atoms with Gasteiger partial charge in [-0.25, -0.2) is 4.79 Å². The molecule has 16 nitrogen and oxygen atoms in total. The minimum absolute atomic E-state index is 0.0160. The second-order valence-corrected chi connectivity index (χ2v) is 21.5. The highest BCUT2D eigenvalue weighted by atomic mass is 31.2. The monoisotopic (exact) mass is 921 g/mol. The van der Waals surface area contributed by atoms with Gasteiger partial charge in [-0.05, 0) is 101 Å². The molecule has 0 saturated carbocycles. The number of carbonyl (C=O) groups is 5. The van der Waals surface area contributed by atoms with Gasteiger partial charge in [0.2, 0.25) is 17.7 Å². The topological polar surface area (TPSA) is 231 Å². The van der Waals surface area contributed by atoms with Gasteiger partial charge in [0.05, 0.1) is 37.2 Å². The van der Waals surface area contributed by atoms with Crippen molar-refractivity contribution in [2.45, 2.75) is 220 Å². The van der Waals surface area contributed by atoms with Crippen molar-refractivity contribution < 1.29 is 56.9 Å². The summed E-state index contributed by atoms with van der Waals surface area (Å²) in [6.07, 6.45) is 17.8. The molecule has 370 valence electrons. The highest BCUT2D eigenvalue weighted by Gasteiger charge is 2.34. The molecule has 17 heteroatoms. The van der Waals surface area contributed by atoms with E-state index in [1.165, 1.54) is 44.9 Å². The number of hydrogen-bond acceptors (Lipinski definition) is 12. The van der Waals surface area contributed by atoms with Crippen molar-refractivity contribution in [1.29, 1.82) is 0 Å². The molecule has 0 radical (unpaired) electrons. The number of amides is 3. The zero-order valence-electron chi connectivity index (χ0n) is 40.7. The molecular formula is C46H89N4O12P. The normalized spacial score (nSPS) is 13.3. The SMILES string of the molecule is CC(C)(C)OC(=O)C(CCC(=O)NCCOCCOCC(=O)NCCCCC(N)C(=O)O)NC(=O)CCCCCCCCCCCCCCCCP(=O)(OC(C)(C)C)OC(C)(C)C. The minimum atomic E-state index is -3.15. The fourth-order valence-electron chi connectivity index (χ4n) is 6.45. The van der Waals surface area contributed by atoms with Gasteiger partial charge in [0, 0.05) is 25.9 Å². The molecule has 6 N–H and O–H groups in total. The van der Waals surface area contributed by atoms with Crippen LogP contribution in [0.25, 0.3) is 0 Å². The molecule has 2 atom stereocenters. The molecule has 0 rings (SSSR count). The number of nitrogens with one attached hydrogen (secondary N) is 3. The number of carboxylic acids is 1. The Morgan fingerprint density at radius 3 is 1.56 bits per heavy atom. The van der Waals surface area contributed by atoms with Crippen molar-refractivity contribution in [2.24, 2.45) is 5.73 Å². The molecule has 63 heavy (non-hydrogen) atoms.